The SMILES string of the molecule is O=C(O[C@H](C(=O)c1ccccc1)c1ccc(Cl)cc1)c1cccc(Oc2ccc([N+](=O)[O-])cc2[N+](=O)[O-])c1. The predicted octanol–water partition coefficient (Wildman–Crippen LogP) is 6.73. The maximum atomic E-state index is 13.2. The molecule has 38 heavy (non-hydrogen) atoms. The van der Waals surface area contributed by atoms with Crippen LogP contribution in [0.1, 0.15) is 32.4 Å². The number of carbonyl (C=O) groups excluding carboxylic acids is 2. The molecule has 4 aromatic rings. The van der Waals surface area contributed by atoms with Crippen molar-refractivity contribution in [3.05, 3.63) is 139 Å². The third-order valence-electron chi connectivity index (χ3n) is 5.34. The summed E-state index contributed by atoms with van der Waals surface area (Å²) in [7, 11) is 0. The zero-order valence-electron chi connectivity index (χ0n) is 19.4. The molecule has 190 valence electrons. The highest BCUT2D eigenvalue weighted by Crippen LogP contribution is 2.35. The second-order valence-corrected chi connectivity index (χ2v) is 8.30. The monoisotopic (exact) mass is 532 g/mol. The van der Waals surface area contributed by atoms with Crippen molar-refractivity contribution in [2.75, 3.05) is 0 Å². The molecule has 0 unspecified atom stereocenters. The van der Waals surface area contributed by atoms with Crippen LogP contribution in [0, 0.1) is 20.2 Å². The number of halogens is 1. The molecule has 0 aromatic heterocycles. The highest BCUT2D eigenvalue weighted by atomic mass is 35.5. The van der Waals surface area contributed by atoms with Gasteiger partial charge in [-0.05, 0) is 36.4 Å². The predicted molar refractivity (Wildman–Crippen MR) is 137 cm³/mol. The molecule has 4 aromatic carbocycles. The number of rotatable bonds is 9. The summed E-state index contributed by atoms with van der Waals surface area (Å²) in [5, 5.41) is 22.8. The molecule has 0 heterocycles. The molecule has 0 radical (unpaired) electrons. The second kappa shape index (κ2) is 11.3. The lowest BCUT2D eigenvalue weighted by molar-refractivity contribution is -0.394. The first-order valence-electron chi connectivity index (χ1n) is 11.0. The normalized spacial score (nSPS) is 11.3. The van der Waals surface area contributed by atoms with Crippen LogP contribution in [-0.4, -0.2) is 21.6 Å². The zero-order valence-corrected chi connectivity index (χ0v) is 20.1. The molecular weight excluding hydrogens is 516 g/mol. The highest BCUT2D eigenvalue weighted by Gasteiger charge is 2.27. The van der Waals surface area contributed by atoms with Crippen LogP contribution in [0.3, 0.4) is 0 Å². The summed E-state index contributed by atoms with van der Waals surface area (Å²) in [6.07, 6.45) is -1.28. The van der Waals surface area contributed by atoms with Crippen LogP contribution in [0.15, 0.2) is 97.1 Å². The molecule has 0 fully saturated rings. The molecule has 11 heteroatoms. The fourth-order valence-electron chi connectivity index (χ4n) is 3.50. The number of benzene rings is 4. The Labute approximate surface area is 220 Å². The van der Waals surface area contributed by atoms with E-state index >= 15 is 0 Å². The van der Waals surface area contributed by atoms with Gasteiger partial charge in [0, 0.05) is 22.2 Å². The molecular formula is C27H17ClN2O8. The second-order valence-electron chi connectivity index (χ2n) is 7.86. The standard InChI is InChI=1S/C27H17ClN2O8/c28-20-11-9-18(10-12-20)26(25(31)17-5-2-1-3-6-17)38-27(32)19-7-4-8-22(15-19)37-24-14-13-21(29(33)34)16-23(24)30(35)36/h1-16,26H/t26-/m0/s1. The minimum atomic E-state index is -1.28. The van der Waals surface area contributed by atoms with Crippen molar-refractivity contribution >= 4 is 34.7 Å². The molecule has 0 spiro atoms. The number of ketones is 1. The maximum Gasteiger partial charge on any atom is 0.339 e. The number of esters is 1. The van der Waals surface area contributed by atoms with Gasteiger partial charge >= 0.3 is 11.7 Å². The summed E-state index contributed by atoms with van der Waals surface area (Å²) in [6.45, 7) is 0. The number of Topliss-reactive ketones (excluding diaryl/α,β-unsaturated/α-hetero) is 1. The summed E-state index contributed by atoms with van der Waals surface area (Å²) in [6, 6.07) is 23.2. The Bertz CT molecular complexity index is 1520. The first-order valence-corrected chi connectivity index (χ1v) is 11.4. The molecule has 1 atom stereocenters. The third kappa shape index (κ3) is 6.00. The van der Waals surface area contributed by atoms with Crippen LogP contribution in [0.5, 0.6) is 11.5 Å². The van der Waals surface area contributed by atoms with Gasteiger partial charge in [0.15, 0.2) is 6.10 Å². The fraction of sp³-hybridized carbons (Fsp3) is 0.0370. The largest absolute Gasteiger partial charge is 0.450 e. The molecule has 0 saturated heterocycles. The van der Waals surface area contributed by atoms with E-state index in [1.54, 1.807) is 54.6 Å². The summed E-state index contributed by atoms with van der Waals surface area (Å²) in [5.74, 6) is -1.52. The van der Waals surface area contributed by atoms with E-state index in [1.165, 1.54) is 24.3 Å². The Hall–Kier alpha value is -5.09. The number of hydrogen-bond acceptors (Lipinski definition) is 8. The van der Waals surface area contributed by atoms with Crippen LogP contribution in [0.2, 0.25) is 5.02 Å². The van der Waals surface area contributed by atoms with E-state index in [-0.39, 0.29) is 17.1 Å². The molecule has 0 aliphatic carbocycles. The number of hydrogen-bond donors (Lipinski definition) is 0. The number of non-ortho nitro benzene ring substituents is 1. The molecule has 0 saturated carbocycles. The van der Waals surface area contributed by atoms with E-state index in [0.29, 0.717) is 16.1 Å². The molecule has 10 nitrogen and oxygen atoms in total. The Balaban J connectivity index is 1.61. The maximum absolute atomic E-state index is 13.2. The molecule has 0 aliphatic heterocycles. The van der Waals surface area contributed by atoms with Crippen molar-refractivity contribution in [2.45, 2.75) is 6.10 Å². The number of nitrogens with zero attached hydrogens (tertiary/aromatic N) is 2. The van der Waals surface area contributed by atoms with E-state index in [0.717, 1.165) is 18.2 Å². The number of nitro benzene ring substituents is 2. The van der Waals surface area contributed by atoms with E-state index in [4.69, 9.17) is 21.1 Å². The average molecular weight is 533 g/mol. The molecule has 0 N–H and O–H groups in total. The summed E-state index contributed by atoms with van der Waals surface area (Å²) >= 11 is 5.97. The molecule has 0 amide bonds. The summed E-state index contributed by atoms with van der Waals surface area (Å²) < 4.78 is 11.2. The quantitative estimate of drug-likeness (QED) is 0.1000. The van der Waals surface area contributed by atoms with Crippen LogP contribution in [0.25, 0.3) is 0 Å². The van der Waals surface area contributed by atoms with E-state index in [2.05, 4.69) is 0 Å². The number of ether oxygens (including phenoxy) is 2. The molecule has 0 bridgehead atoms. The van der Waals surface area contributed by atoms with Gasteiger partial charge in [-0.3, -0.25) is 25.0 Å². The van der Waals surface area contributed by atoms with Gasteiger partial charge in [0.1, 0.15) is 5.75 Å². The van der Waals surface area contributed by atoms with Crippen molar-refractivity contribution in [3.63, 3.8) is 0 Å². The van der Waals surface area contributed by atoms with Gasteiger partial charge in [-0.15, -0.1) is 0 Å². The average Bonchev–Trinajstić information content (AvgIpc) is 2.92. The van der Waals surface area contributed by atoms with Crippen molar-refractivity contribution in [1.82, 2.24) is 0 Å². The zero-order chi connectivity index (χ0) is 27.2. The smallest absolute Gasteiger partial charge is 0.339 e. The van der Waals surface area contributed by atoms with Crippen molar-refractivity contribution in [3.8, 4) is 11.5 Å². The lowest BCUT2D eigenvalue weighted by atomic mass is 9.99. The molecule has 0 aliphatic rings. The van der Waals surface area contributed by atoms with E-state index in [1.807, 2.05) is 0 Å². The number of nitro groups is 2. The van der Waals surface area contributed by atoms with E-state index < -0.39 is 39.1 Å². The van der Waals surface area contributed by atoms with Gasteiger partial charge in [0.25, 0.3) is 5.69 Å². The topological polar surface area (TPSA) is 139 Å². The van der Waals surface area contributed by atoms with Crippen LogP contribution in [-0.2, 0) is 4.74 Å². The van der Waals surface area contributed by atoms with Crippen LogP contribution >= 0.6 is 11.6 Å². The van der Waals surface area contributed by atoms with Gasteiger partial charge in [-0.2, -0.15) is 0 Å². The van der Waals surface area contributed by atoms with Crippen molar-refractivity contribution in [2.24, 2.45) is 0 Å². The highest BCUT2D eigenvalue weighted by molar-refractivity contribution is 6.30. The van der Waals surface area contributed by atoms with Gasteiger partial charge in [-0.25, -0.2) is 4.79 Å². The minimum absolute atomic E-state index is 0.00638. The Morgan fingerprint density at radius 3 is 2.11 bits per heavy atom. The minimum Gasteiger partial charge on any atom is -0.450 e. The lowest BCUT2D eigenvalue weighted by Crippen LogP contribution is -2.20. The van der Waals surface area contributed by atoms with Crippen molar-refractivity contribution in [1.29, 1.82) is 0 Å². The first kappa shape index (κ1) is 26.0. The number of carbonyl (C=O) groups is 2. The summed E-state index contributed by atoms with van der Waals surface area (Å²) in [4.78, 5) is 47.1. The Morgan fingerprint density at radius 1 is 0.763 bits per heavy atom. The molecule has 4 rings (SSSR count). The Kier molecular flexibility index (Phi) is 7.74. The van der Waals surface area contributed by atoms with Gasteiger partial charge in [-0.1, -0.05) is 60.1 Å². The van der Waals surface area contributed by atoms with Crippen molar-refractivity contribution < 1.29 is 28.9 Å². The summed E-state index contributed by atoms with van der Waals surface area (Å²) in [5.41, 5.74) is -0.346. The van der Waals surface area contributed by atoms with Gasteiger partial charge in [0.2, 0.25) is 11.5 Å². The first-order chi connectivity index (χ1) is 18.2. The fourth-order valence-corrected chi connectivity index (χ4v) is 3.63. The van der Waals surface area contributed by atoms with Crippen LogP contribution in [0.4, 0.5) is 11.4 Å². The Morgan fingerprint density at radius 2 is 1.45 bits per heavy atom. The van der Waals surface area contributed by atoms with Gasteiger partial charge < -0.3 is 9.47 Å². The van der Waals surface area contributed by atoms with Gasteiger partial charge in [0.05, 0.1) is 21.5 Å². The lowest BCUT2D eigenvalue weighted by Gasteiger charge is -2.18. The van der Waals surface area contributed by atoms with Crippen LogP contribution < -0.4 is 4.74 Å². The third-order valence-corrected chi connectivity index (χ3v) is 5.59. The van der Waals surface area contributed by atoms with E-state index in [9.17, 15) is 29.8 Å².